The number of rotatable bonds is 5. The van der Waals surface area contributed by atoms with Crippen molar-refractivity contribution in [2.24, 2.45) is 0 Å². The molecule has 150 valence electrons. The number of methoxy groups -OCH3 is 1. The van der Waals surface area contributed by atoms with Gasteiger partial charge in [0, 0.05) is 11.9 Å². The summed E-state index contributed by atoms with van der Waals surface area (Å²) in [5.41, 5.74) is 1.06. The number of halogens is 1. The highest BCUT2D eigenvalue weighted by atomic mass is 19.1. The number of carbonyl (C=O) groups is 1. The molecule has 0 aliphatic carbocycles. The van der Waals surface area contributed by atoms with Crippen LogP contribution < -0.4 is 15.6 Å². The van der Waals surface area contributed by atoms with Crippen molar-refractivity contribution in [2.75, 3.05) is 7.11 Å². The standard InChI is InChI=1S/C23H18FN3O3/c1-30-18-12-10-17(11-13-18)27-23(29)20-5-3-2-4-19(20)21(26-27)22(28)25-14-15-6-8-16(24)9-7-15/h2-13H,14H2,1H3,(H,25,28). The van der Waals surface area contributed by atoms with Crippen molar-refractivity contribution in [3.63, 3.8) is 0 Å². The van der Waals surface area contributed by atoms with Gasteiger partial charge in [-0.25, -0.2) is 4.39 Å². The third-order valence-electron chi connectivity index (χ3n) is 4.70. The van der Waals surface area contributed by atoms with E-state index < -0.39 is 5.91 Å². The zero-order valence-corrected chi connectivity index (χ0v) is 16.1. The van der Waals surface area contributed by atoms with E-state index in [1.807, 2.05) is 0 Å². The molecule has 30 heavy (non-hydrogen) atoms. The number of hydrogen-bond acceptors (Lipinski definition) is 4. The van der Waals surface area contributed by atoms with Gasteiger partial charge in [-0.15, -0.1) is 0 Å². The summed E-state index contributed by atoms with van der Waals surface area (Å²) in [7, 11) is 1.55. The molecule has 0 radical (unpaired) electrons. The van der Waals surface area contributed by atoms with Crippen molar-refractivity contribution >= 4 is 16.7 Å². The van der Waals surface area contributed by atoms with E-state index in [4.69, 9.17) is 4.74 Å². The van der Waals surface area contributed by atoms with E-state index in [0.717, 1.165) is 5.56 Å². The number of fused-ring (bicyclic) bond motifs is 1. The number of carbonyl (C=O) groups excluding carboxylic acids is 1. The molecular formula is C23H18FN3O3. The summed E-state index contributed by atoms with van der Waals surface area (Å²) in [4.78, 5) is 25.9. The van der Waals surface area contributed by atoms with Gasteiger partial charge in [0.05, 0.1) is 18.2 Å². The Morgan fingerprint density at radius 3 is 2.33 bits per heavy atom. The zero-order valence-electron chi connectivity index (χ0n) is 16.1. The minimum Gasteiger partial charge on any atom is -0.497 e. The number of nitrogens with one attached hydrogen (secondary N) is 1. The minimum absolute atomic E-state index is 0.128. The van der Waals surface area contributed by atoms with Crippen LogP contribution in [0.2, 0.25) is 0 Å². The fourth-order valence-corrected chi connectivity index (χ4v) is 3.12. The third-order valence-corrected chi connectivity index (χ3v) is 4.70. The largest absolute Gasteiger partial charge is 0.497 e. The predicted molar refractivity (Wildman–Crippen MR) is 111 cm³/mol. The van der Waals surface area contributed by atoms with E-state index in [-0.39, 0.29) is 23.6 Å². The Bertz CT molecular complexity index is 1270. The average Bonchev–Trinajstić information content (AvgIpc) is 2.79. The lowest BCUT2D eigenvalue weighted by atomic mass is 10.1. The normalized spacial score (nSPS) is 10.7. The van der Waals surface area contributed by atoms with Crippen LogP contribution in [0.3, 0.4) is 0 Å². The molecule has 1 heterocycles. The van der Waals surface area contributed by atoms with Gasteiger partial charge in [-0.1, -0.05) is 30.3 Å². The van der Waals surface area contributed by atoms with Crippen LogP contribution in [0.15, 0.2) is 77.6 Å². The Morgan fingerprint density at radius 2 is 1.67 bits per heavy atom. The average molecular weight is 403 g/mol. The molecule has 1 aromatic heterocycles. The lowest BCUT2D eigenvalue weighted by Gasteiger charge is -2.12. The lowest BCUT2D eigenvalue weighted by Crippen LogP contribution is -2.29. The van der Waals surface area contributed by atoms with Crippen LogP contribution in [0.25, 0.3) is 16.5 Å². The van der Waals surface area contributed by atoms with Crippen LogP contribution in [0.4, 0.5) is 4.39 Å². The fourth-order valence-electron chi connectivity index (χ4n) is 3.12. The molecule has 0 bridgehead atoms. The molecule has 0 unspecified atom stereocenters. The van der Waals surface area contributed by atoms with E-state index in [9.17, 15) is 14.0 Å². The molecule has 0 spiro atoms. The van der Waals surface area contributed by atoms with Gasteiger partial charge in [-0.2, -0.15) is 9.78 Å². The molecule has 0 saturated carbocycles. The zero-order chi connectivity index (χ0) is 21.1. The van der Waals surface area contributed by atoms with E-state index in [0.29, 0.717) is 22.2 Å². The van der Waals surface area contributed by atoms with E-state index >= 15 is 0 Å². The maximum Gasteiger partial charge on any atom is 0.279 e. The second-order valence-electron chi connectivity index (χ2n) is 6.62. The van der Waals surface area contributed by atoms with Crippen molar-refractivity contribution in [1.82, 2.24) is 15.1 Å². The second kappa shape index (κ2) is 8.16. The summed E-state index contributed by atoms with van der Waals surface area (Å²) >= 11 is 0. The van der Waals surface area contributed by atoms with Crippen LogP contribution in [0.1, 0.15) is 16.1 Å². The Labute approximate surface area is 171 Å². The van der Waals surface area contributed by atoms with Gasteiger partial charge in [-0.05, 0) is 48.0 Å². The van der Waals surface area contributed by atoms with Gasteiger partial charge >= 0.3 is 0 Å². The maximum atomic E-state index is 13.1. The summed E-state index contributed by atoms with van der Waals surface area (Å²) in [5.74, 6) is -0.132. The summed E-state index contributed by atoms with van der Waals surface area (Å²) in [6.45, 7) is 0.205. The molecule has 7 heteroatoms. The van der Waals surface area contributed by atoms with E-state index in [2.05, 4.69) is 10.4 Å². The number of nitrogens with zero attached hydrogens (tertiary/aromatic N) is 2. The van der Waals surface area contributed by atoms with Crippen molar-refractivity contribution in [1.29, 1.82) is 0 Å². The molecular weight excluding hydrogens is 385 g/mol. The van der Waals surface area contributed by atoms with E-state index in [1.165, 1.54) is 16.8 Å². The molecule has 0 atom stereocenters. The lowest BCUT2D eigenvalue weighted by molar-refractivity contribution is 0.0946. The van der Waals surface area contributed by atoms with Crippen LogP contribution in [0.5, 0.6) is 5.75 Å². The van der Waals surface area contributed by atoms with Gasteiger partial charge < -0.3 is 10.1 Å². The van der Waals surface area contributed by atoms with Gasteiger partial charge in [-0.3, -0.25) is 9.59 Å². The Morgan fingerprint density at radius 1 is 1.00 bits per heavy atom. The fraction of sp³-hybridized carbons (Fsp3) is 0.0870. The van der Waals surface area contributed by atoms with Crippen LogP contribution in [-0.2, 0) is 6.54 Å². The van der Waals surface area contributed by atoms with Crippen molar-refractivity contribution in [3.8, 4) is 11.4 Å². The van der Waals surface area contributed by atoms with Crippen LogP contribution >= 0.6 is 0 Å². The third kappa shape index (κ3) is 3.77. The van der Waals surface area contributed by atoms with E-state index in [1.54, 1.807) is 67.8 Å². The molecule has 0 aliphatic rings. The van der Waals surface area contributed by atoms with Crippen molar-refractivity contribution in [2.45, 2.75) is 6.54 Å². The van der Waals surface area contributed by atoms with Gasteiger partial charge in [0.2, 0.25) is 0 Å². The SMILES string of the molecule is COc1ccc(-n2nc(C(=O)NCc3ccc(F)cc3)c3ccccc3c2=O)cc1. The van der Waals surface area contributed by atoms with Crippen LogP contribution in [0, 0.1) is 5.82 Å². The Kier molecular flexibility index (Phi) is 5.26. The van der Waals surface area contributed by atoms with Crippen molar-refractivity contribution in [3.05, 3.63) is 100 Å². The first-order chi connectivity index (χ1) is 14.6. The summed E-state index contributed by atoms with van der Waals surface area (Å²) in [5, 5.41) is 7.97. The van der Waals surface area contributed by atoms with Gasteiger partial charge in [0.25, 0.3) is 11.5 Å². The van der Waals surface area contributed by atoms with Gasteiger partial charge in [0.1, 0.15) is 11.6 Å². The predicted octanol–water partition coefficient (Wildman–Crippen LogP) is 3.46. The first-order valence-electron chi connectivity index (χ1n) is 9.26. The maximum absolute atomic E-state index is 13.1. The number of aromatic nitrogens is 2. The molecule has 0 fully saturated rings. The number of hydrogen-bond donors (Lipinski definition) is 1. The monoisotopic (exact) mass is 403 g/mol. The Hall–Kier alpha value is -4.00. The van der Waals surface area contributed by atoms with Gasteiger partial charge in [0.15, 0.2) is 5.69 Å². The number of amides is 1. The first kappa shape index (κ1) is 19.3. The Balaban J connectivity index is 1.74. The summed E-state index contributed by atoms with van der Waals surface area (Å²) in [6.07, 6.45) is 0. The smallest absolute Gasteiger partial charge is 0.279 e. The number of ether oxygens (including phenoxy) is 1. The molecule has 0 saturated heterocycles. The minimum atomic E-state index is -0.433. The molecule has 4 aromatic rings. The van der Waals surface area contributed by atoms with Crippen molar-refractivity contribution < 1.29 is 13.9 Å². The molecule has 0 aliphatic heterocycles. The highest BCUT2D eigenvalue weighted by Gasteiger charge is 2.17. The molecule has 1 N–H and O–H groups in total. The second-order valence-corrected chi connectivity index (χ2v) is 6.62. The summed E-state index contributed by atoms with van der Waals surface area (Å²) < 4.78 is 19.4. The van der Waals surface area contributed by atoms with Crippen LogP contribution in [-0.4, -0.2) is 22.8 Å². The molecule has 3 aromatic carbocycles. The molecule has 6 nitrogen and oxygen atoms in total. The quantitative estimate of drug-likeness (QED) is 0.554. The topological polar surface area (TPSA) is 73.2 Å². The highest BCUT2D eigenvalue weighted by Crippen LogP contribution is 2.17. The summed E-state index contributed by atoms with van der Waals surface area (Å²) in [6, 6.07) is 19.5. The number of benzene rings is 3. The highest BCUT2D eigenvalue weighted by molar-refractivity contribution is 6.04. The first-order valence-corrected chi connectivity index (χ1v) is 9.26. The molecule has 1 amide bonds. The molecule has 4 rings (SSSR count).